The van der Waals surface area contributed by atoms with Gasteiger partial charge in [-0.2, -0.15) is 0 Å². The van der Waals surface area contributed by atoms with Gasteiger partial charge in [0.25, 0.3) is 0 Å². The monoisotopic (exact) mass is 382 g/mol. The number of nitrogens with zero attached hydrogens (tertiary/aromatic N) is 2. The third kappa shape index (κ3) is 3.50. The number of aliphatic carboxylic acids is 1. The van der Waals surface area contributed by atoms with E-state index in [0.29, 0.717) is 43.7 Å². The van der Waals surface area contributed by atoms with Gasteiger partial charge in [0.2, 0.25) is 0 Å². The average molecular weight is 382 g/mol. The quantitative estimate of drug-likeness (QED) is 0.852. The van der Waals surface area contributed by atoms with Gasteiger partial charge in [0, 0.05) is 26.2 Å². The van der Waals surface area contributed by atoms with Crippen LogP contribution in [0.3, 0.4) is 0 Å². The Bertz CT molecular complexity index is 770. The molecule has 0 aromatic heterocycles. The number of fused-ring (bicyclic) bond motifs is 1. The van der Waals surface area contributed by atoms with Crippen molar-refractivity contribution in [2.24, 2.45) is 0 Å². The normalized spacial score (nSPS) is 23.2. The minimum atomic E-state index is -1.40. The van der Waals surface area contributed by atoms with Crippen LogP contribution in [0.5, 0.6) is 0 Å². The van der Waals surface area contributed by atoms with E-state index < -0.39 is 34.8 Å². The summed E-state index contributed by atoms with van der Waals surface area (Å²) in [5, 5.41) is 9.99. The fraction of sp³-hybridized carbons (Fsp3) is 0.579. The number of rotatable bonds is 2. The molecule has 0 saturated carbocycles. The van der Waals surface area contributed by atoms with Gasteiger partial charge >= 0.3 is 12.1 Å². The number of amides is 1. The first-order valence-electron chi connectivity index (χ1n) is 8.99. The van der Waals surface area contributed by atoms with E-state index in [1.165, 1.54) is 0 Å². The number of carbonyl (C=O) groups excluding carboxylic acids is 1. The van der Waals surface area contributed by atoms with E-state index in [9.17, 15) is 23.5 Å². The number of ether oxygens (including phenoxy) is 1. The summed E-state index contributed by atoms with van der Waals surface area (Å²) in [6.07, 6.45) is 0.171. The largest absolute Gasteiger partial charge is 0.480 e. The number of piperazine rings is 1. The Labute approximate surface area is 156 Å². The molecular formula is C19H24F2N2O4. The van der Waals surface area contributed by atoms with E-state index >= 15 is 0 Å². The number of carboxylic acid groups (broad SMARTS) is 1. The van der Waals surface area contributed by atoms with Gasteiger partial charge in [0.15, 0.2) is 11.6 Å². The number of benzene rings is 1. The fourth-order valence-electron chi connectivity index (χ4n) is 3.91. The Hall–Kier alpha value is -2.22. The van der Waals surface area contributed by atoms with Gasteiger partial charge in [0.1, 0.15) is 11.1 Å². The first-order chi connectivity index (χ1) is 12.5. The topological polar surface area (TPSA) is 70.1 Å². The molecule has 1 aliphatic carbocycles. The zero-order valence-electron chi connectivity index (χ0n) is 15.7. The van der Waals surface area contributed by atoms with E-state index in [2.05, 4.69) is 0 Å². The number of carboxylic acids is 1. The van der Waals surface area contributed by atoms with Gasteiger partial charge in [-0.1, -0.05) is 0 Å². The third-order valence-corrected chi connectivity index (χ3v) is 5.17. The zero-order valence-corrected chi connectivity index (χ0v) is 15.7. The smallest absolute Gasteiger partial charge is 0.410 e. The minimum absolute atomic E-state index is 0.243. The van der Waals surface area contributed by atoms with Gasteiger partial charge in [-0.05, 0) is 56.9 Å². The maximum Gasteiger partial charge on any atom is 0.410 e. The van der Waals surface area contributed by atoms with Crippen molar-refractivity contribution in [1.29, 1.82) is 0 Å². The molecule has 1 saturated heterocycles. The molecule has 27 heavy (non-hydrogen) atoms. The van der Waals surface area contributed by atoms with Crippen molar-refractivity contribution in [2.75, 3.05) is 26.2 Å². The molecule has 1 aromatic carbocycles. The molecule has 1 fully saturated rings. The molecular weight excluding hydrogens is 358 g/mol. The van der Waals surface area contributed by atoms with Crippen LogP contribution in [0, 0.1) is 11.6 Å². The average Bonchev–Trinajstić information content (AvgIpc) is 2.93. The van der Waals surface area contributed by atoms with Crippen LogP contribution in [0.1, 0.15) is 38.3 Å². The summed E-state index contributed by atoms with van der Waals surface area (Å²) < 4.78 is 32.7. The van der Waals surface area contributed by atoms with Gasteiger partial charge in [0.05, 0.1) is 0 Å². The SMILES string of the molecule is CC(C)(C)OC(=O)N1CCN([C@@]2(C(=O)O)CCc3cc(F)c(F)cc32)CC1. The minimum Gasteiger partial charge on any atom is -0.480 e. The lowest BCUT2D eigenvalue weighted by atomic mass is 9.88. The maximum absolute atomic E-state index is 13.8. The molecule has 1 N–H and O–H groups in total. The van der Waals surface area contributed by atoms with Crippen molar-refractivity contribution < 1.29 is 28.2 Å². The Morgan fingerprint density at radius 2 is 1.70 bits per heavy atom. The molecule has 3 rings (SSSR count). The molecule has 1 aromatic rings. The van der Waals surface area contributed by atoms with Crippen molar-refractivity contribution in [2.45, 2.75) is 44.8 Å². The Balaban J connectivity index is 1.81. The van der Waals surface area contributed by atoms with Gasteiger partial charge < -0.3 is 14.7 Å². The van der Waals surface area contributed by atoms with Crippen LogP contribution >= 0.6 is 0 Å². The summed E-state index contributed by atoms with van der Waals surface area (Å²) in [4.78, 5) is 27.7. The second-order valence-corrected chi connectivity index (χ2v) is 8.04. The van der Waals surface area contributed by atoms with Crippen molar-refractivity contribution in [3.63, 3.8) is 0 Å². The molecule has 1 heterocycles. The van der Waals surface area contributed by atoms with Crippen molar-refractivity contribution in [1.82, 2.24) is 9.80 Å². The molecule has 1 aliphatic heterocycles. The van der Waals surface area contributed by atoms with E-state index in [1.54, 1.807) is 30.6 Å². The lowest BCUT2D eigenvalue weighted by Gasteiger charge is -2.43. The van der Waals surface area contributed by atoms with E-state index in [-0.39, 0.29) is 6.42 Å². The number of aryl methyl sites for hydroxylation is 1. The van der Waals surface area contributed by atoms with Crippen LogP contribution in [0.15, 0.2) is 12.1 Å². The Kier molecular flexibility index (Phi) is 4.88. The molecule has 1 atom stereocenters. The number of hydrogen-bond donors (Lipinski definition) is 1. The van der Waals surface area contributed by atoms with Crippen LogP contribution in [0.25, 0.3) is 0 Å². The second kappa shape index (κ2) is 6.74. The Morgan fingerprint density at radius 1 is 1.11 bits per heavy atom. The maximum atomic E-state index is 13.8. The van der Waals surface area contributed by atoms with Gasteiger partial charge in [-0.15, -0.1) is 0 Å². The van der Waals surface area contributed by atoms with Gasteiger partial charge in [-0.3, -0.25) is 4.90 Å². The summed E-state index contributed by atoms with van der Waals surface area (Å²) in [7, 11) is 0. The highest BCUT2D eigenvalue weighted by atomic mass is 19.2. The number of hydrogen-bond acceptors (Lipinski definition) is 4. The second-order valence-electron chi connectivity index (χ2n) is 8.04. The zero-order chi connectivity index (χ0) is 20.0. The van der Waals surface area contributed by atoms with E-state index in [4.69, 9.17) is 4.74 Å². The first-order valence-corrected chi connectivity index (χ1v) is 8.99. The summed E-state index contributed by atoms with van der Waals surface area (Å²) in [6.45, 7) is 6.58. The molecule has 0 radical (unpaired) electrons. The van der Waals surface area contributed by atoms with Crippen LogP contribution in [-0.4, -0.2) is 58.7 Å². The molecule has 1 amide bonds. The third-order valence-electron chi connectivity index (χ3n) is 5.17. The van der Waals surface area contributed by atoms with Crippen molar-refractivity contribution in [3.05, 3.63) is 34.9 Å². The highest BCUT2D eigenvalue weighted by Gasteiger charge is 2.51. The molecule has 8 heteroatoms. The molecule has 148 valence electrons. The number of carbonyl (C=O) groups is 2. The fourth-order valence-corrected chi connectivity index (χ4v) is 3.91. The van der Waals surface area contributed by atoms with Crippen molar-refractivity contribution >= 4 is 12.1 Å². The lowest BCUT2D eigenvalue weighted by Crippen LogP contribution is -2.59. The number of halogens is 2. The molecule has 6 nitrogen and oxygen atoms in total. The molecule has 0 bridgehead atoms. The predicted octanol–water partition coefficient (Wildman–Crippen LogP) is 2.74. The van der Waals surface area contributed by atoms with Crippen LogP contribution < -0.4 is 0 Å². The van der Waals surface area contributed by atoms with Crippen LogP contribution in [-0.2, 0) is 21.5 Å². The summed E-state index contributed by atoms with van der Waals surface area (Å²) >= 11 is 0. The van der Waals surface area contributed by atoms with Crippen LogP contribution in [0.2, 0.25) is 0 Å². The first kappa shape index (κ1) is 19.5. The van der Waals surface area contributed by atoms with Crippen molar-refractivity contribution in [3.8, 4) is 0 Å². The highest BCUT2D eigenvalue weighted by Crippen LogP contribution is 2.43. The molecule has 0 unspecified atom stereocenters. The molecule has 0 spiro atoms. The summed E-state index contributed by atoms with van der Waals surface area (Å²) in [5.41, 5.74) is -1.18. The van der Waals surface area contributed by atoms with E-state index in [1.807, 2.05) is 0 Å². The Morgan fingerprint density at radius 3 is 2.26 bits per heavy atom. The summed E-state index contributed by atoms with van der Waals surface area (Å²) in [5.74, 6) is -3.10. The highest BCUT2D eigenvalue weighted by molar-refractivity contribution is 5.83. The standard InChI is InChI=1S/C19H24F2N2O4/c1-18(2,3)27-17(26)22-6-8-23(9-7-22)19(16(24)25)5-4-12-10-14(20)15(21)11-13(12)19/h10-11H,4-9H2,1-3H3,(H,24,25)/t19-/m0/s1. The van der Waals surface area contributed by atoms with Gasteiger partial charge in [-0.25, -0.2) is 18.4 Å². The summed E-state index contributed by atoms with van der Waals surface area (Å²) in [6, 6.07) is 2.10. The lowest BCUT2D eigenvalue weighted by molar-refractivity contribution is -0.154. The van der Waals surface area contributed by atoms with E-state index in [0.717, 1.165) is 12.1 Å². The predicted molar refractivity (Wildman–Crippen MR) is 93.4 cm³/mol. The van der Waals surface area contributed by atoms with Crippen LogP contribution in [0.4, 0.5) is 13.6 Å². The molecule has 2 aliphatic rings.